The topological polar surface area (TPSA) is 84.2 Å². The van der Waals surface area contributed by atoms with Gasteiger partial charge in [0.1, 0.15) is 0 Å². The smallest absolute Gasteiger partial charge is 0.227 e. The Morgan fingerprint density at radius 3 is 2.62 bits per heavy atom. The maximum atomic E-state index is 12.2. The molecule has 2 aromatic heterocycles. The van der Waals surface area contributed by atoms with Crippen LogP contribution in [0, 0.1) is 0 Å². The molecule has 1 aliphatic heterocycles. The van der Waals surface area contributed by atoms with Crippen molar-refractivity contribution in [1.82, 2.24) is 25.3 Å². The third-order valence-corrected chi connectivity index (χ3v) is 4.78. The summed E-state index contributed by atoms with van der Waals surface area (Å²) in [6.45, 7) is 8.74. The molecule has 0 unspecified atom stereocenters. The molecule has 0 spiro atoms. The predicted octanol–water partition coefficient (Wildman–Crippen LogP) is 2.44. The molecule has 1 fully saturated rings. The summed E-state index contributed by atoms with van der Waals surface area (Å²) in [4.78, 5) is 23.0. The molecular formula is C19H27N5O2. The maximum absolute atomic E-state index is 12.2. The largest absolute Gasteiger partial charge is 0.353 e. The van der Waals surface area contributed by atoms with Crippen LogP contribution in [0.3, 0.4) is 0 Å². The number of carbonyl (C=O) groups excluding carboxylic acids is 1. The Labute approximate surface area is 154 Å². The number of hydrogen-bond donors (Lipinski definition) is 1. The van der Waals surface area contributed by atoms with Gasteiger partial charge >= 0.3 is 0 Å². The minimum atomic E-state index is 0.0443. The number of piperidine rings is 1. The number of pyridine rings is 1. The van der Waals surface area contributed by atoms with Crippen LogP contribution in [-0.4, -0.2) is 50.6 Å². The van der Waals surface area contributed by atoms with Crippen LogP contribution < -0.4 is 5.32 Å². The molecule has 0 aromatic carbocycles. The van der Waals surface area contributed by atoms with Gasteiger partial charge in [0.25, 0.3) is 0 Å². The van der Waals surface area contributed by atoms with E-state index in [-0.39, 0.29) is 17.5 Å². The molecule has 0 aliphatic carbocycles. The second-order valence-electron chi connectivity index (χ2n) is 7.75. The van der Waals surface area contributed by atoms with E-state index >= 15 is 0 Å². The molecule has 1 amide bonds. The molecule has 0 bridgehead atoms. The van der Waals surface area contributed by atoms with Gasteiger partial charge in [0.05, 0.1) is 0 Å². The molecular weight excluding hydrogens is 330 g/mol. The molecule has 3 rings (SSSR count). The molecule has 0 radical (unpaired) electrons. The monoisotopic (exact) mass is 357 g/mol. The van der Waals surface area contributed by atoms with Crippen LogP contribution in [0.2, 0.25) is 0 Å². The van der Waals surface area contributed by atoms with Gasteiger partial charge in [0, 0.05) is 55.5 Å². The lowest BCUT2D eigenvalue weighted by molar-refractivity contribution is -0.122. The van der Waals surface area contributed by atoms with Crippen LogP contribution in [0.15, 0.2) is 29.0 Å². The third kappa shape index (κ3) is 4.88. The molecule has 0 atom stereocenters. The molecule has 1 saturated heterocycles. The zero-order valence-corrected chi connectivity index (χ0v) is 15.7. The van der Waals surface area contributed by atoms with Crippen molar-refractivity contribution in [3.63, 3.8) is 0 Å². The van der Waals surface area contributed by atoms with E-state index in [2.05, 4.69) is 46.1 Å². The van der Waals surface area contributed by atoms with Crippen LogP contribution in [-0.2, 0) is 11.2 Å². The second kappa shape index (κ2) is 7.95. The van der Waals surface area contributed by atoms with Gasteiger partial charge in [0.15, 0.2) is 0 Å². The van der Waals surface area contributed by atoms with Gasteiger partial charge in [0.2, 0.25) is 17.6 Å². The van der Waals surface area contributed by atoms with Crippen LogP contribution in [0.4, 0.5) is 0 Å². The van der Waals surface area contributed by atoms with E-state index in [0.717, 1.165) is 31.5 Å². The summed E-state index contributed by atoms with van der Waals surface area (Å²) in [6, 6.07) is 3.91. The van der Waals surface area contributed by atoms with Gasteiger partial charge in [-0.25, -0.2) is 0 Å². The maximum Gasteiger partial charge on any atom is 0.227 e. The lowest BCUT2D eigenvalue weighted by Crippen LogP contribution is -2.50. The standard InChI is InChI=1S/C19H27N5O2/c1-19(2,3)24-12-8-15(9-13-24)21-16(25)4-5-17-22-18(23-26-17)14-6-10-20-11-7-14/h6-7,10-11,15H,4-5,8-9,12-13H2,1-3H3,(H,21,25). The van der Waals surface area contributed by atoms with Gasteiger partial charge in [-0.3, -0.25) is 14.7 Å². The summed E-state index contributed by atoms with van der Waals surface area (Å²) in [7, 11) is 0. The SMILES string of the molecule is CC(C)(C)N1CCC(NC(=O)CCc2nc(-c3ccncc3)no2)CC1. The second-order valence-corrected chi connectivity index (χ2v) is 7.75. The van der Waals surface area contributed by atoms with Crippen LogP contribution >= 0.6 is 0 Å². The summed E-state index contributed by atoms with van der Waals surface area (Å²) < 4.78 is 5.24. The molecule has 1 N–H and O–H groups in total. The highest BCUT2D eigenvalue weighted by molar-refractivity contribution is 5.76. The molecule has 2 aromatic rings. The highest BCUT2D eigenvalue weighted by Crippen LogP contribution is 2.20. The lowest BCUT2D eigenvalue weighted by Gasteiger charge is -2.41. The fraction of sp³-hybridized carbons (Fsp3) is 0.579. The Morgan fingerprint density at radius 2 is 1.96 bits per heavy atom. The number of hydrogen-bond acceptors (Lipinski definition) is 6. The van der Waals surface area contributed by atoms with Crippen molar-refractivity contribution in [2.45, 2.75) is 58.0 Å². The average molecular weight is 357 g/mol. The number of amides is 1. The number of likely N-dealkylation sites (tertiary alicyclic amines) is 1. The number of carbonyl (C=O) groups is 1. The van der Waals surface area contributed by atoms with E-state index in [4.69, 9.17) is 4.52 Å². The Bertz CT molecular complexity index is 715. The number of nitrogens with zero attached hydrogens (tertiary/aromatic N) is 4. The van der Waals surface area contributed by atoms with E-state index in [1.54, 1.807) is 12.4 Å². The first kappa shape index (κ1) is 18.5. The van der Waals surface area contributed by atoms with Crippen molar-refractivity contribution >= 4 is 5.91 Å². The lowest BCUT2D eigenvalue weighted by atomic mass is 9.98. The average Bonchev–Trinajstić information content (AvgIpc) is 3.09. The fourth-order valence-electron chi connectivity index (χ4n) is 3.19. The molecule has 140 valence electrons. The zero-order valence-electron chi connectivity index (χ0n) is 15.7. The molecule has 7 nitrogen and oxygen atoms in total. The summed E-state index contributed by atoms with van der Waals surface area (Å²) in [6.07, 6.45) is 6.17. The van der Waals surface area contributed by atoms with E-state index in [1.807, 2.05) is 12.1 Å². The first-order valence-electron chi connectivity index (χ1n) is 9.19. The summed E-state index contributed by atoms with van der Waals surface area (Å²) in [5, 5.41) is 7.10. The Hall–Kier alpha value is -2.28. The van der Waals surface area contributed by atoms with Gasteiger partial charge in [-0.1, -0.05) is 5.16 Å². The van der Waals surface area contributed by atoms with Crippen molar-refractivity contribution in [2.24, 2.45) is 0 Å². The molecule has 1 aliphatic rings. The summed E-state index contributed by atoms with van der Waals surface area (Å²) >= 11 is 0. The summed E-state index contributed by atoms with van der Waals surface area (Å²) in [5.41, 5.74) is 1.05. The van der Waals surface area contributed by atoms with E-state index in [0.29, 0.717) is 24.6 Å². The van der Waals surface area contributed by atoms with Gasteiger partial charge < -0.3 is 9.84 Å². The Morgan fingerprint density at radius 1 is 1.27 bits per heavy atom. The van der Waals surface area contributed by atoms with Crippen molar-refractivity contribution in [2.75, 3.05) is 13.1 Å². The first-order chi connectivity index (χ1) is 12.4. The van der Waals surface area contributed by atoms with Crippen molar-refractivity contribution < 1.29 is 9.32 Å². The predicted molar refractivity (Wildman–Crippen MR) is 98.3 cm³/mol. The van der Waals surface area contributed by atoms with Crippen LogP contribution in [0.1, 0.15) is 45.9 Å². The molecule has 0 saturated carbocycles. The number of aryl methyl sites for hydroxylation is 1. The van der Waals surface area contributed by atoms with Crippen LogP contribution in [0.5, 0.6) is 0 Å². The van der Waals surface area contributed by atoms with Crippen molar-refractivity contribution in [3.05, 3.63) is 30.4 Å². The van der Waals surface area contributed by atoms with Gasteiger partial charge in [-0.2, -0.15) is 4.98 Å². The zero-order chi connectivity index (χ0) is 18.6. The van der Waals surface area contributed by atoms with E-state index in [1.165, 1.54) is 0 Å². The number of nitrogens with one attached hydrogen (secondary N) is 1. The highest BCUT2D eigenvalue weighted by Gasteiger charge is 2.27. The highest BCUT2D eigenvalue weighted by atomic mass is 16.5. The first-order valence-corrected chi connectivity index (χ1v) is 9.19. The number of rotatable bonds is 5. The number of aromatic nitrogens is 3. The normalized spacial score (nSPS) is 16.6. The Kier molecular flexibility index (Phi) is 5.66. The third-order valence-electron chi connectivity index (χ3n) is 4.78. The molecule has 26 heavy (non-hydrogen) atoms. The fourth-order valence-corrected chi connectivity index (χ4v) is 3.19. The van der Waals surface area contributed by atoms with Gasteiger partial charge in [-0.05, 0) is 45.7 Å². The quantitative estimate of drug-likeness (QED) is 0.885. The van der Waals surface area contributed by atoms with E-state index < -0.39 is 0 Å². The van der Waals surface area contributed by atoms with E-state index in [9.17, 15) is 4.79 Å². The molecule has 7 heteroatoms. The molecule has 3 heterocycles. The summed E-state index contributed by atoms with van der Waals surface area (Å²) in [5.74, 6) is 1.05. The van der Waals surface area contributed by atoms with Crippen molar-refractivity contribution in [1.29, 1.82) is 0 Å². The minimum absolute atomic E-state index is 0.0443. The Balaban J connectivity index is 1.43. The van der Waals surface area contributed by atoms with Crippen LogP contribution in [0.25, 0.3) is 11.4 Å². The van der Waals surface area contributed by atoms with Gasteiger partial charge in [-0.15, -0.1) is 0 Å². The van der Waals surface area contributed by atoms with Crippen molar-refractivity contribution in [3.8, 4) is 11.4 Å². The minimum Gasteiger partial charge on any atom is -0.353 e.